The first-order chi connectivity index (χ1) is 9.11. The van der Waals surface area contributed by atoms with E-state index in [4.69, 9.17) is 5.73 Å². The van der Waals surface area contributed by atoms with Crippen LogP contribution in [0.15, 0.2) is 18.2 Å². The summed E-state index contributed by atoms with van der Waals surface area (Å²) in [6.07, 6.45) is -4.54. The van der Waals surface area contributed by atoms with Crippen molar-refractivity contribution in [3.05, 3.63) is 23.8 Å². The van der Waals surface area contributed by atoms with Gasteiger partial charge in [-0.25, -0.2) is 0 Å². The quantitative estimate of drug-likeness (QED) is 0.746. The molecule has 4 N–H and O–H groups in total. The number of hydrogen-bond donors (Lipinski definition) is 3. The van der Waals surface area contributed by atoms with Gasteiger partial charge in [-0.2, -0.15) is 13.2 Å². The molecule has 4 nitrogen and oxygen atoms in total. The van der Waals surface area contributed by atoms with Crippen molar-refractivity contribution in [2.45, 2.75) is 39.0 Å². The van der Waals surface area contributed by atoms with Crippen LogP contribution in [0.2, 0.25) is 0 Å². The van der Waals surface area contributed by atoms with E-state index < -0.39 is 17.8 Å². The van der Waals surface area contributed by atoms with Crippen LogP contribution in [0.1, 0.15) is 26.3 Å². The van der Waals surface area contributed by atoms with Gasteiger partial charge in [0.1, 0.15) is 6.04 Å². The number of carbonyl (C=O) groups is 1. The van der Waals surface area contributed by atoms with E-state index in [0.29, 0.717) is 0 Å². The predicted octanol–water partition coefficient (Wildman–Crippen LogP) is 2.61. The molecule has 1 rings (SSSR count). The first-order valence-corrected chi connectivity index (χ1v) is 6.15. The van der Waals surface area contributed by atoms with Crippen molar-refractivity contribution in [3.8, 4) is 0 Å². The summed E-state index contributed by atoms with van der Waals surface area (Å²) in [5.74, 6) is -0.370. The SMILES string of the molecule is CC(C)NC(=O)C(C)Nc1ccc(N)cc1C(F)(F)F. The Morgan fingerprint density at radius 2 is 1.85 bits per heavy atom. The van der Waals surface area contributed by atoms with Gasteiger partial charge in [-0.3, -0.25) is 4.79 Å². The van der Waals surface area contributed by atoms with E-state index >= 15 is 0 Å². The lowest BCUT2D eigenvalue weighted by molar-refractivity contribution is -0.137. The summed E-state index contributed by atoms with van der Waals surface area (Å²) in [6, 6.07) is 2.54. The number of amides is 1. The third-order valence-corrected chi connectivity index (χ3v) is 2.55. The van der Waals surface area contributed by atoms with Crippen molar-refractivity contribution in [2.24, 2.45) is 0 Å². The van der Waals surface area contributed by atoms with Crippen LogP contribution in [-0.2, 0) is 11.0 Å². The fourth-order valence-electron chi connectivity index (χ4n) is 1.63. The van der Waals surface area contributed by atoms with Gasteiger partial charge in [0.15, 0.2) is 0 Å². The maximum Gasteiger partial charge on any atom is 0.418 e. The average molecular weight is 289 g/mol. The molecule has 0 aliphatic carbocycles. The van der Waals surface area contributed by atoms with Gasteiger partial charge in [-0.05, 0) is 39.0 Å². The Labute approximate surface area is 115 Å². The molecule has 0 aliphatic heterocycles. The molecule has 7 heteroatoms. The molecule has 20 heavy (non-hydrogen) atoms. The maximum atomic E-state index is 12.9. The zero-order valence-electron chi connectivity index (χ0n) is 11.5. The number of nitrogens with one attached hydrogen (secondary N) is 2. The number of carbonyl (C=O) groups excluding carboxylic acids is 1. The van der Waals surface area contributed by atoms with Gasteiger partial charge in [0.25, 0.3) is 0 Å². The van der Waals surface area contributed by atoms with E-state index in [1.165, 1.54) is 19.1 Å². The van der Waals surface area contributed by atoms with E-state index in [0.717, 1.165) is 6.07 Å². The van der Waals surface area contributed by atoms with Crippen molar-refractivity contribution < 1.29 is 18.0 Å². The van der Waals surface area contributed by atoms with Crippen molar-refractivity contribution in [1.29, 1.82) is 0 Å². The minimum absolute atomic E-state index is 0.0159. The van der Waals surface area contributed by atoms with Crippen molar-refractivity contribution in [3.63, 3.8) is 0 Å². The number of hydrogen-bond acceptors (Lipinski definition) is 3. The first-order valence-electron chi connectivity index (χ1n) is 6.15. The summed E-state index contributed by atoms with van der Waals surface area (Å²) >= 11 is 0. The Hall–Kier alpha value is -1.92. The fraction of sp³-hybridized carbons (Fsp3) is 0.462. The largest absolute Gasteiger partial charge is 0.418 e. The van der Waals surface area contributed by atoms with Crippen molar-refractivity contribution in [2.75, 3.05) is 11.1 Å². The maximum absolute atomic E-state index is 12.9. The molecule has 1 unspecified atom stereocenters. The van der Waals surface area contributed by atoms with Gasteiger partial charge in [-0.15, -0.1) is 0 Å². The second kappa shape index (κ2) is 6.02. The standard InChI is InChI=1S/C13H18F3N3O/c1-7(2)18-12(20)8(3)19-11-5-4-9(17)6-10(11)13(14,15)16/h4-8,19H,17H2,1-3H3,(H,18,20). The number of nitrogens with two attached hydrogens (primary N) is 1. The fourth-order valence-corrected chi connectivity index (χ4v) is 1.63. The zero-order valence-corrected chi connectivity index (χ0v) is 11.5. The highest BCUT2D eigenvalue weighted by Crippen LogP contribution is 2.36. The third kappa shape index (κ3) is 4.32. The highest BCUT2D eigenvalue weighted by Gasteiger charge is 2.34. The van der Waals surface area contributed by atoms with Gasteiger partial charge in [0, 0.05) is 17.4 Å². The second-order valence-electron chi connectivity index (χ2n) is 4.83. The Morgan fingerprint density at radius 3 is 2.35 bits per heavy atom. The lowest BCUT2D eigenvalue weighted by Gasteiger charge is -2.20. The van der Waals surface area contributed by atoms with Crippen LogP contribution in [0, 0.1) is 0 Å². The Kier molecular flexibility index (Phi) is 4.86. The summed E-state index contributed by atoms with van der Waals surface area (Å²) in [7, 11) is 0. The lowest BCUT2D eigenvalue weighted by atomic mass is 10.1. The van der Waals surface area contributed by atoms with Crippen LogP contribution in [-0.4, -0.2) is 18.0 Å². The molecule has 0 bridgehead atoms. The first kappa shape index (κ1) is 16.1. The number of benzene rings is 1. The molecule has 0 radical (unpaired) electrons. The summed E-state index contributed by atoms with van der Waals surface area (Å²) < 4.78 is 38.7. The van der Waals surface area contributed by atoms with Gasteiger partial charge in [-0.1, -0.05) is 0 Å². The zero-order chi connectivity index (χ0) is 15.5. The Balaban J connectivity index is 2.95. The molecule has 0 aromatic heterocycles. The molecule has 1 amide bonds. The highest BCUT2D eigenvalue weighted by molar-refractivity contribution is 5.84. The molecular formula is C13H18F3N3O. The number of nitrogen functional groups attached to an aromatic ring is 1. The van der Waals surface area contributed by atoms with E-state index in [1.807, 2.05) is 0 Å². The molecule has 112 valence electrons. The van der Waals surface area contributed by atoms with Crippen molar-refractivity contribution in [1.82, 2.24) is 5.32 Å². The minimum Gasteiger partial charge on any atom is -0.399 e. The van der Waals surface area contributed by atoms with E-state index in [1.54, 1.807) is 13.8 Å². The monoisotopic (exact) mass is 289 g/mol. The average Bonchev–Trinajstić information content (AvgIpc) is 2.29. The van der Waals surface area contributed by atoms with E-state index in [9.17, 15) is 18.0 Å². The van der Waals surface area contributed by atoms with Crippen LogP contribution in [0.5, 0.6) is 0 Å². The summed E-state index contributed by atoms with van der Waals surface area (Å²) in [5, 5.41) is 5.19. The van der Waals surface area contributed by atoms with Gasteiger partial charge in [0.05, 0.1) is 5.56 Å². The predicted molar refractivity (Wildman–Crippen MR) is 72.2 cm³/mol. The molecule has 1 aromatic rings. The lowest BCUT2D eigenvalue weighted by Crippen LogP contribution is -2.41. The van der Waals surface area contributed by atoms with Gasteiger partial charge >= 0.3 is 6.18 Å². The van der Waals surface area contributed by atoms with Gasteiger partial charge < -0.3 is 16.4 Å². The molecule has 0 heterocycles. The van der Waals surface area contributed by atoms with Crippen LogP contribution in [0.25, 0.3) is 0 Å². The topological polar surface area (TPSA) is 67.2 Å². The molecule has 1 atom stereocenters. The Bertz CT molecular complexity index is 486. The molecule has 0 aliphatic rings. The highest BCUT2D eigenvalue weighted by atomic mass is 19.4. The molecule has 0 saturated carbocycles. The number of rotatable bonds is 4. The van der Waals surface area contributed by atoms with Crippen LogP contribution >= 0.6 is 0 Å². The molecule has 1 aromatic carbocycles. The number of halogens is 3. The Morgan fingerprint density at radius 1 is 1.25 bits per heavy atom. The smallest absolute Gasteiger partial charge is 0.399 e. The minimum atomic E-state index is -4.54. The summed E-state index contributed by atoms with van der Waals surface area (Å²) in [6.45, 7) is 5.04. The van der Waals surface area contributed by atoms with Crippen LogP contribution in [0.4, 0.5) is 24.5 Å². The molecule has 0 fully saturated rings. The van der Waals surface area contributed by atoms with Crippen molar-refractivity contribution >= 4 is 17.3 Å². The van der Waals surface area contributed by atoms with Crippen LogP contribution < -0.4 is 16.4 Å². The van der Waals surface area contributed by atoms with Gasteiger partial charge in [0.2, 0.25) is 5.91 Å². The third-order valence-electron chi connectivity index (χ3n) is 2.55. The summed E-state index contributed by atoms with van der Waals surface area (Å²) in [5.41, 5.74) is 4.33. The second-order valence-corrected chi connectivity index (χ2v) is 4.83. The van der Waals surface area contributed by atoms with E-state index in [2.05, 4.69) is 10.6 Å². The number of anilines is 2. The normalized spacial score (nSPS) is 13.2. The van der Waals surface area contributed by atoms with E-state index in [-0.39, 0.29) is 23.3 Å². The molecule has 0 spiro atoms. The summed E-state index contributed by atoms with van der Waals surface area (Å²) in [4.78, 5) is 11.7. The van der Waals surface area contributed by atoms with Crippen LogP contribution in [0.3, 0.4) is 0 Å². The molecule has 0 saturated heterocycles. The number of alkyl halides is 3. The molecular weight excluding hydrogens is 271 g/mol.